The molecule has 3 rings (SSSR count). The number of benzene rings is 1. The number of methoxy groups -OCH3 is 2. The minimum absolute atomic E-state index is 0.000923. The van der Waals surface area contributed by atoms with E-state index in [2.05, 4.69) is 10.6 Å². The summed E-state index contributed by atoms with van der Waals surface area (Å²) in [4.78, 5) is 40.4. The predicted molar refractivity (Wildman–Crippen MR) is 120 cm³/mol. The van der Waals surface area contributed by atoms with Crippen LogP contribution in [-0.2, 0) is 14.3 Å². The number of likely N-dealkylation sites (tertiary alicyclic amines) is 1. The first kappa shape index (κ1) is 24.0. The van der Waals surface area contributed by atoms with Gasteiger partial charge in [-0.25, -0.2) is 0 Å². The Morgan fingerprint density at radius 1 is 1.09 bits per heavy atom. The summed E-state index contributed by atoms with van der Waals surface area (Å²) in [5.74, 6) is 0.387. The third kappa shape index (κ3) is 6.22. The third-order valence-electron chi connectivity index (χ3n) is 6.53. The lowest BCUT2D eigenvalue weighted by atomic mass is 9.88. The molecular weight excluding hydrogens is 410 g/mol. The molecule has 8 heteroatoms. The van der Waals surface area contributed by atoms with E-state index in [1.54, 1.807) is 32.4 Å². The highest BCUT2D eigenvalue weighted by molar-refractivity contribution is 5.94. The number of nitrogens with one attached hydrogen (secondary N) is 2. The molecule has 1 saturated heterocycles. The van der Waals surface area contributed by atoms with Gasteiger partial charge >= 0.3 is 0 Å². The Morgan fingerprint density at radius 2 is 1.81 bits per heavy atom. The number of hydrogen-bond acceptors (Lipinski definition) is 5. The van der Waals surface area contributed by atoms with Crippen LogP contribution in [0, 0.1) is 11.8 Å². The largest absolute Gasteiger partial charge is 0.497 e. The minimum Gasteiger partial charge on any atom is -0.497 e. The Hall–Kier alpha value is -2.61. The maximum Gasteiger partial charge on any atom is 0.253 e. The van der Waals surface area contributed by atoms with Gasteiger partial charge in [-0.05, 0) is 49.8 Å². The van der Waals surface area contributed by atoms with Crippen molar-refractivity contribution < 1.29 is 23.9 Å². The van der Waals surface area contributed by atoms with Crippen LogP contribution in [0.2, 0.25) is 0 Å². The summed E-state index contributed by atoms with van der Waals surface area (Å²) in [7, 11) is 3.16. The summed E-state index contributed by atoms with van der Waals surface area (Å²) in [6, 6.07) is 6.54. The zero-order valence-electron chi connectivity index (χ0n) is 19.1. The van der Waals surface area contributed by atoms with E-state index in [-0.39, 0.29) is 29.6 Å². The summed E-state index contributed by atoms with van der Waals surface area (Å²) >= 11 is 0. The lowest BCUT2D eigenvalue weighted by Gasteiger charge is -2.36. The lowest BCUT2D eigenvalue weighted by molar-refractivity contribution is -0.132. The molecule has 0 aromatic heterocycles. The first-order valence-corrected chi connectivity index (χ1v) is 11.5. The van der Waals surface area contributed by atoms with Crippen LogP contribution in [0.3, 0.4) is 0 Å². The van der Waals surface area contributed by atoms with Crippen molar-refractivity contribution in [3.05, 3.63) is 29.8 Å². The highest BCUT2D eigenvalue weighted by Gasteiger charge is 2.35. The zero-order valence-corrected chi connectivity index (χ0v) is 19.1. The molecule has 3 amide bonds. The third-order valence-corrected chi connectivity index (χ3v) is 6.53. The van der Waals surface area contributed by atoms with Crippen LogP contribution in [0.15, 0.2) is 24.3 Å². The number of carbonyl (C=O) groups excluding carboxylic acids is 3. The number of rotatable bonds is 9. The van der Waals surface area contributed by atoms with Gasteiger partial charge in [-0.2, -0.15) is 0 Å². The minimum atomic E-state index is -0.589. The Kier molecular flexibility index (Phi) is 8.90. The van der Waals surface area contributed by atoms with Crippen LogP contribution in [-0.4, -0.2) is 69.1 Å². The Morgan fingerprint density at radius 3 is 2.47 bits per heavy atom. The van der Waals surface area contributed by atoms with Gasteiger partial charge in [0, 0.05) is 38.2 Å². The number of carbonyl (C=O) groups is 3. The van der Waals surface area contributed by atoms with Gasteiger partial charge < -0.3 is 25.0 Å². The number of amides is 3. The zero-order chi connectivity index (χ0) is 22.9. The fourth-order valence-electron chi connectivity index (χ4n) is 4.62. The number of piperidine rings is 1. The smallest absolute Gasteiger partial charge is 0.253 e. The molecule has 1 aliphatic heterocycles. The van der Waals surface area contributed by atoms with Crippen molar-refractivity contribution in [3.8, 4) is 5.75 Å². The van der Waals surface area contributed by atoms with Crippen molar-refractivity contribution in [1.82, 2.24) is 15.5 Å². The Bertz CT molecular complexity index is 786. The molecule has 0 spiro atoms. The topological polar surface area (TPSA) is 97.0 Å². The molecule has 8 nitrogen and oxygen atoms in total. The summed E-state index contributed by atoms with van der Waals surface area (Å²) in [6.45, 7) is 1.91. The standard InChI is InChI=1S/C24H35N3O5/c1-31-15-12-25-23(29)21(26-22(28)18-6-3-4-7-18)17-10-13-27(14-11-17)24(30)19-8-5-9-20(16-19)32-2/h5,8-9,16-18,21H,3-4,6-7,10-15H2,1-2H3,(H,25,29)(H,26,28). The molecule has 1 atom stereocenters. The quantitative estimate of drug-likeness (QED) is 0.567. The van der Waals surface area contributed by atoms with Crippen LogP contribution < -0.4 is 15.4 Å². The van der Waals surface area contributed by atoms with Gasteiger partial charge in [-0.3, -0.25) is 14.4 Å². The van der Waals surface area contributed by atoms with Gasteiger partial charge in [-0.15, -0.1) is 0 Å². The van der Waals surface area contributed by atoms with Crippen LogP contribution in [0.1, 0.15) is 48.9 Å². The van der Waals surface area contributed by atoms with E-state index >= 15 is 0 Å². The normalized spacial score (nSPS) is 18.2. The summed E-state index contributed by atoms with van der Waals surface area (Å²) < 4.78 is 10.2. The van der Waals surface area contributed by atoms with Crippen molar-refractivity contribution in [2.24, 2.45) is 11.8 Å². The highest BCUT2D eigenvalue weighted by Crippen LogP contribution is 2.27. The number of hydrogen-bond donors (Lipinski definition) is 2. The highest BCUT2D eigenvalue weighted by atomic mass is 16.5. The van der Waals surface area contributed by atoms with Crippen molar-refractivity contribution in [2.45, 2.75) is 44.6 Å². The maximum atomic E-state index is 12.9. The molecule has 1 aromatic carbocycles. The first-order chi connectivity index (χ1) is 15.5. The fourth-order valence-corrected chi connectivity index (χ4v) is 4.62. The maximum absolute atomic E-state index is 12.9. The Labute approximate surface area is 190 Å². The predicted octanol–water partition coefficient (Wildman–Crippen LogP) is 1.99. The molecule has 2 aliphatic rings. The van der Waals surface area contributed by atoms with Crippen LogP contribution >= 0.6 is 0 Å². The molecule has 32 heavy (non-hydrogen) atoms. The van der Waals surface area contributed by atoms with Crippen LogP contribution in [0.5, 0.6) is 5.75 Å². The average molecular weight is 446 g/mol. The molecule has 0 bridgehead atoms. The van der Waals surface area contributed by atoms with Crippen LogP contribution in [0.4, 0.5) is 0 Å². The van der Waals surface area contributed by atoms with Crippen LogP contribution in [0.25, 0.3) is 0 Å². The van der Waals surface area contributed by atoms with Crippen molar-refractivity contribution in [2.75, 3.05) is 40.5 Å². The molecule has 0 radical (unpaired) electrons. The summed E-state index contributed by atoms with van der Waals surface area (Å²) in [6.07, 6.45) is 5.21. The SMILES string of the molecule is COCCNC(=O)C(NC(=O)C1CCCC1)C1CCN(C(=O)c2cccc(OC)c2)CC1. The van der Waals surface area contributed by atoms with E-state index in [1.807, 2.05) is 11.0 Å². The molecule has 1 aromatic rings. The second-order valence-corrected chi connectivity index (χ2v) is 8.61. The van der Waals surface area contributed by atoms with Gasteiger partial charge in [-0.1, -0.05) is 18.9 Å². The van der Waals surface area contributed by atoms with E-state index < -0.39 is 6.04 Å². The second-order valence-electron chi connectivity index (χ2n) is 8.61. The average Bonchev–Trinajstić information content (AvgIpc) is 3.37. The van der Waals surface area contributed by atoms with Gasteiger partial charge in [0.25, 0.3) is 5.91 Å². The summed E-state index contributed by atoms with van der Waals surface area (Å²) in [5, 5.41) is 5.91. The van der Waals surface area contributed by atoms with Gasteiger partial charge in [0.1, 0.15) is 11.8 Å². The first-order valence-electron chi connectivity index (χ1n) is 11.5. The van der Waals surface area contributed by atoms with E-state index in [0.717, 1.165) is 25.7 Å². The molecule has 2 N–H and O–H groups in total. The van der Waals surface area contributed by atoms with E-state index in [1.165, 1.54) is 0 Å². The summed E-state index contributed by atoms with van der Waals surface area (Å²) in [5.41, 5.74) is 0.589. The van der Waals surface area contributed by atoms with E-state index in [9.17, 15) is 14.4 Å². The molecule has 176 valence electrons. The molecule has 1 aliphatic carbocycles. The van der Waals surface area contributed by atoms with Crippen molar-refractivity contribution in [1.29, 1.82) is 0 Å². The fraction of sp³-hybridized carbons (Fsp3) is 0.625. The monoisotopic (exact) mass is 445 g/mol. The van der Waals surface area contributed by atoms with Crippen molar-refractivity contribution >= 4 is 17.7 Å². The van der Waals surface area contributed by atoms with Gasteiger partial charge in [0.15, 0.2) is 0 Å². The van der Waals surface area contributed by atoms with Crippen molar-refractivity contribution in [3.63, 3.8) is 0 Å². The Balaban J connectivity index is 1.62. The van der Waals surface area contributed by atoms with E-state index in [4.69, 9.17) is 9.47 Å². The van der Waals surface area contributed by atoms with Gasteiger partial charge in [0.05, 0.1) is 13.7 Å². The second kappa shape index (κ2) is 11.9. The van der Waals surface area contributed by atoms with E-state index in [0.29, 0.717) is 50.4 Å². The molecule has 1 heterocycles. The number of ether oxygens (including phenoxy) is 2. The molecule has 1 saturated carbocycles. The molecule has 2 fully saturated rings. The molecule has 1 unspecified atom stereocenters. The van der Waals surface area contributed by atoms with Gasteiger partial charge in [0.2, 0.25) is 11.8 Å². The lowest BCUT2D eigenvalue weighted by Crippen LogP contribution is -2.55. The molecular formula is C24H35N3O5. The number of nitrogens with zero attached hydrogens (tertiary/aromatic N) is 1.